The van der Waals surface area contributed by atoms with Crippen molar-refractivity contribution in [2.24, 2.45) is 40.5 Å². The van der Waals surface area contributed by atoms with Crippen LogP contribution in [0.4, 0.5) is 4.79 Å². The number of phenolic OH excluding ortho intramolecular Hbond substituents is 1. The molecule has 21 nitrogen and oxygen atoms in total. The number of unbranched alkanes of at least 4 members (excludes halogenated alkanes) is 1. The van der Waals surface area contributed by atoms with Crippen LogP contribution in [0.3, 0.4) is 0 Å². The van der Waals surface area contributed by atoms with Crippen LogP contribution in [0.1, 0.15) is 153 Å². The maximum Gasteiger partial charge on any atom is 0.315 e. The van der Waals surface area contributed by atoms with Crippen molar-refractivity contribution in [1.82, 2.24) is 31.5 Å². The number of fused-ring (bicyclic) bond motifs is 6. The summed E-state index contributed by atoms with van der Waals surface area (Å²) in [7, 11) is 1.45. The number of likely N-dealkylation sites (tertiary alicyclic amines) is 1. The number of hydrogen-bond acceptors (Lipinski definition) is 18. The largest absolute Gasteiger partial charge is 0.507 e. The van der Waals surface area contributed by atoms with E-state index in [-0.39, 0.29) is 106 Å². The summed E-state index contributed by atoms with van der Waals surface area (Å²) in [4.78, 5) is 102. The maximum atomic E-state index is 15.0. The molecular formula is C60H87N7O14S. The van der Waals surface area contributed by atoms with Gasteiger partial charge in [-0.15, -0.1) is 0 Å². The Balaban J connectivity index is 1.07. The summed E-state index contributed by atoms with van der Waals surface area (Å²) in [5, 5.41) is 49.4. The van der Waals surface area contributed by atoms with Crippen LogP contribution in [-0.2, 0) is 33.4 Å². The highest BCUT2D eigenvalue weighted by Gasteiger charge is 2.55. The van der Waals surface area contributed by atoms with Crippen LogP contribution in [0.5, 0.6) is 11.5 Å². The smallest absolute Gasteiger partial charge is 0.315 e. The molecule has 8 N–H and O–H groups in total. The number of allylic oxidation sites excluding steroid dienone is 3. The molecule has 4 amide bonds. The molecule has 3 saturated heterocycles. The van der Waals surface area contributed by atoms with E-state index in [0.717, 1.165) is 25.1 Å². The number of piperidine rings is 1. The number of rotatable bonds is 26. The zero-order valence-corrected chi connectivity index (χ0v) is 50.7. The Hall–Kier alpha value is -5.81. The predicted molar refractivity (Wildman–Crippen MR) is 309 cm³/mol. The summed E-state index contributed by atoms with van der Waals surface area (Å²) in [5.41, 5.74) is -0.716. The van der Waals surface area contributed by atoms with Gasteiger partial charge in [-0.25, -0.2) is 4.79 Å². The number of aliphatic hydroxyl groups excluding tert-OH is 2. The highest BCUT2D eigenvalue weighted by molar-refractivity contribution is 8.00. The molecule has 6 aliphatic rings. The number of methoxy groups -OCH3 is 1. The van der Waals surface area contributed by atoms with Crippen molar-refractivity contribution in [3.8, 4) is 11.5 Å². The zero-order chi connectivity index (χ0) is 60.3. The summed E-state index contributed by atoms with van der Waals surface area (Å²) in [5.74, 6) is -6.82. The lowest BCUT2D eigenvalue weighted by atomic mass is 9.78. The van der Waals surface area contributed by atoms with Crippen molar-refractivity contribution in [3.63, 3.8) is 0 Å². The molecule has 1 aliphatic carbocycles. The van der Waals surface area contributed by atoms with E-state index in [4.69, 9.17) is 23.9 Å². The summed E-state index contributed by atoms with van der Waals surface area (Å²) in [6.45, 7) is 22.7. The molecule has 1 aromatic rings. The van der Waals surface area contributed by atoms with Crippen LogP contribution >= 0.6 is 11.8 Å². The number of hydrogen-bond donors (Lipinski definition) is 8. The summed E-state index contributed by atoms with van der Waals surface area (Å²) < 4.78 is 24.1. The molecule has 4 unspecified atom stereocenters. The van der Waals surface area contributed by atoms with E-state index in [1.54, 1.807) is 40.7 Å². The van der Waals surface area contributed by atoms with Gasteiger partial charge in [0.05, 0.1) is 65.7 Å². The Labute approximate surface area is 486 Å². The third kappa shape index (κ3) is 13.7. The van der Waals surface area contributed by atoms with Crippen molar-refractivity contribution >= 4 is 58.6 Å². The molecule has 0 radical (unpaired) electrons. The fraction of sp³-hybridized carbons (Fsp3) is 0.667. The van der Waals surface area contributed by atoms with Gasteiger partial charge in [0.1, 0.15) is 29.0 Å². The zero-order valence-electron chi connectivity index (χ0n) is 49.9. The fourth-order valence-electron chi connectivity index (χ4n) is 12.1. The molecule has 1 aromatic carbocycles. The number of thioether (sulfide) groups is 1. The number of aliphatic imine (C=N–C) groups is 1. The van der Waals surface area contributed by atoms with Crippen LogP contribution in [-0.4, -0.2) is 159 Å². The standard InChI is InChI=1S/C60H87N7O14S/c1-29(2)27-67-23-21-60(22-24-67)65-47-43-44(52(73)36(10)55-45(43)56(75)59(12,81-55)79-25-20-40(78-13)33(7)54(80-37(11)68)35(9)51(72)34(8)50(71)30(3)4)53(74)49(48(47)66-60)63-57(76)32(6)19-18-31(5)39(69)26-61-42(70)17-15-14-16-41-46-38(28-82-41)62-58(77)64-46/h19-20,25,29-31,33-35,38,40-41,46,50-51,54,66,71-73H,14-18,21-24,26-28H2,1-13H3,(H,61,70)(H,63,76)(H2,62,64,77)/b25-20+,32-19-/t31?,33-,34-,35-,38?,40+,41?,46?,50+,51-,54-,59+/m1/s1. The van der Waals surface area contributed by atoms with Crippen molar-refractivity contribution in [2.45, 2.75) is 181 Å². The second-order valence-electron chi connectivity index (χ2n) is 24.3. The number of ketones is 3. The summed E-state index contributed by atoms with van der Waals surface area (Å²) in [6.07, 6.45) is 4.64. The van der Waals surface area contributed by atoms with Gasteiger partial charge in [-0.2, -0.15) is 11.8 Å². The van der Waals surface area contributed by atoms with Gasteiger partial charge in [0, 0.05) is 111 Å². The van der Waals surface area contributed by atoms with Gasteiger partial charge in [-0.3, -0.25) is 33.8 Å². The van der Waals surface area contributed by atoms with Crippen LogP contribution in [0.25, 0.3) is 0 Å². The number of nitrogens with one attached hydrogen (secondary N) is 5. The van der Waals surface area contributed by atoms with E-state index in [0.29, 0.717) is 43.5 Å². The Morgan fingerprint density at radius 1 is 0.939 bits per heavy atom. The molecular weight excluding hydrogens is 1070 g/mol. The number of carbonyl (C=O) groups is 7. The number of nitrogens with zero attached hydrogens (tertiary/aromatic N) is 2. The van der Waals surface area contributed by atoms with Crippen molar-refractivity contribution in [3.05, 3.63) is 57.6 Å². The van der Waals surface area contributed by atoms with Crippen LogP contribution in [0, 0.1) is 42.4 Å². The first kappa shape index (κ1) is 63.8. The number of ether oxygens (including phenoxy) is 4. The molecule has 3 fully saturated rings. The first-order valence-corrected chi connectivity index (χ1v) is 30.1. The Morgan fingerprint density at radius 3 is 2.28 bits per heavy atom. The number of amides is 4. The molecule has 452 valence electrons. The number of benzene rings is 1. The number of carbonyl (C=O) groups excluding carboxylic acids is 7. The van der Waals surface area contributed by atoms with Gasteiger partial charge in [-0.05, 0) is 51.0 Å². The number of aliphatic hydroxyl groups is 2. The molecule has 0 aromatic heterocycles. The molecule has 5 aliphatic heterocycles. The highest BCUT2D eigenvalue weighted by Crippen LogP contribution is 2.50. The Morgan fingerprint density at radius 2 is 1.63 bits per heavy atom. The first-order valence-electron chi connectivity index (χ1n) is 29.0. The Kier molecular flexibility index (Phi) is 20.5. The van der Waals surface area contributed by atoms with E-state index in [1.165, 1.54) is 40.2 Å². The fourth-order valence-corrected chi connectivity index (χ4v) is 13.7. The van der Waals surface area contributed by atoms with Crippen molar-refractivity contribution < 1.29 is 67.8 Å². The van der Waals surface area contributed by atoms with Gasteiger partial charge < -0.3 is 65.8 Å². The monoisotopic (exact) mass is 1160 g/mol. The van der Waals surface area contributed by atoms with Crippen molar-refractivity contribution in [2.75, 3.05) is 39.0 Å². The van der Waals surface area contributed by atoms with E-state index < -0.39 is 88.7 Å². The highest BCUT2D eigenvalue weighted by atomic mass is 32.2. The lowest BCUT2D eigenvalue weighted by Crippen LogP contribution is -2.50. The third-order valence-electron chi connectivity index (χ3n) is 17.2. The quantitative estimate of drug-likeness (QED) is 0.0187. The molecule has 7 rings (SSSR count). The molecule has 0 saturated carbocycles. The normalized spacial score (nSPS) is 24.9. The second-order valence-corrected chi connectivity index (χ2v) is 25.6. The number of esters is 1. The number of Topliss-reactive ketones (excluding diaryl/α,β-unsaturated/α-hetero) is 3. The predicted octanol–water partition coefficient (Wildman–Crippen LogP) is 5.50. The lowest BCUT2D eigenvalue weighted by Gasteiger charge is -2.38. The third-order valence-corrected chi connectivity index (χ3v) is 18.7. The molecule has 22 heteroatoms. The van der Waals surface area contributed by atoms with Crippen LogP contribution < -0.4 is 31.3 Å². The lowest BCUT2D eigenvalue weighted by molar-refractivity contribution is -0.160. The minimum absolute atomic E-state index is 0.0201. The summed E-state index contributed by atoms with van der Waals surface area (Å²) in [6, 6.07) is 0.109. The topological polar surface area (TPSA) is 293 Å². The van der Waals surface area contributed by atoms with Gasteiger partial charge in [-0.1, -0.05) is 67.9 Å². The Bertz CT molecular complexity index is 2770. The van der Waals surface area contributed by atoms with Gasteiger partial charge >= 0.3 is 17.8 Å². The van der Waals surface area contributed by atoms with Crippen LogP contribution in [0.15, 0.2) is 40.4 Å². The van der Waals surface area contributed by atoms with E-state index in [1.807, 2.05) is 25.6 Å². The molecule has 1 spiro atoms. The first-order chi connectivity index (χ1) is 38.6. The van der Waals surface area contributed by atoms with E-state index >= 15 is 4.79 Å². The number of aromatic hydroxyl groups is 1. The van der Waals surface area contributed by atoms with Crippen molar-refractivity contribution in [1.29, 1.82) is 0 Å². The van der Waals surface area contributed by atoms with Gasteiger partial charge in [0.2, 0.25) is 11.7 Å². The van der Waals surface area contributed by atoms with Gasteiger partial charge in [0.25, 0.3) is 11.7 Å². The molecule has 0 bridgehead atoms. The summed E-state index contributed by atoms with van der Waals surface area (Å²) >= 11 is 1.82. The van der Waals surface area contributed by atoms with Crippen LogP contribution in [0.2, 0.25) is 0 Å². The molecule has 82 heavy (non-hydrogen) atoms. The van der Waals surface area contributed by atoms with Gasteiger partial charge in [0.15, 0.2) is 5.78 Å². The average Bonchev–Trinajstić information content (AvgIpc) is 4.19. The molecule has 5 heterocycles. The minimum atomic E-state index is -2.04. The average molecular weight is 1160 g/mol. The van der Waals surface area contributed by atoms with E-state index in [9.17, 15) is 44.1 Å². The second kappa shape index (κ2) is 26.4. The number of phenols is 1. The van der Waals surface area contributed by atoms with E-state index in [2.05, 4.69) is 45.3 Å². The minimum Gasteiger partial charge on any atom is -0.507 e. The SMILES string of the molecule is CO[C@@H](/C=C/O[C@@]1(C)Oc2c(C)c(O)c3c(c2C1=O)C1=NC2(CCN(CC(C)C)CC2)NC1=C(NC(=O)/C(C)=C\CC(C)C(=O)CNC(=O)CCCCC1SCC2NC(=O)NC21)C3=O)[C@@H](C)[C@@H](OC(C)=O)[C@H](C)[C@H](O)[C@H](C)[C@@H](O)C(C)C. The molecule has 12 atom stereocenters. The number of urea groups is 1. The maximum absolute atomic E-state index is 15.0.